The normalized spacial score (nSPS) is 25.5. The largest absolute Gasteiger partial charge is 0.477 e. The Labute approximate surface area is 147 Å². The van der Waals surface area contributed by atoms with Crippen LogP contribution in [0.3, 0.4) is 0 Å². The van der Waals surface area contributed by atoms with Crippen LogP contribution in [-0.4, -0.2) is 68.2 Å². The quantitative estimate of drug-likeness (QED) is 0.768. The van der Waals surface area contributed by atoms with Gasteiger partial charge in [0.2, 0.25) is 0 Å². The van der Waals surface area contributed by atoms with Crippen LogP contribution < -0.4 is 14.2 Å². The average molecular weight is 372 g/mol. The standard InChI is InChI=1S/C15H24N4O5S/c1-22-14-15(17-7-6-16-14)24-13-4-2-12(3-5-13)18-25(20,21)19-8-10-23-11-9-19/h6-7,12-13,18H,2-5,8-11H2,1H3. The lowest BCUT2D eigenvalue weighted by Crippen LogP contribution is -2.50. The van der Waals surface area contributed by atoms with E-state index in [1.807, 2.05) is 0 Å². The van der Waals surface area contributed by atoms with Gasteiger partial charge in [0.25, 0.3) is 22.0 Å². The van der Waals surface area contributed by atoms with Gasteiger partial charge in [-0.15, -0.1) is 0 Å². The molecule has 1 aliphatic carbocycles. The molecule has 3 rings (SSSR count). The highest BCUT2D eigenvalue weighted by Crippen LogP contribution is 2.27. The monoisotopic (exact) mass is 372 g/mol. The van der Waals surface area contributed by atoms with Crippen LogP contribution in [0.4, 0.5) is 0 Å². The van der Waals surface area contributed by atoms with Crippen LogP contribution in [0.5, 0.6) is 11.8 Å². The third-order valence-electron chi connectivity index (χ3n) is 4.40. The third kappa shape index (κ3) is 4.78. The number of hydrogen-bond acceptors (Lipinski definition) is 7. The number of rotatable bonds is 6. The van der Waals surface area contributed by atoms with Crippen LogP contribution in [0.2, 0.25) is 0 Å². The molecule has 1 saturated carbocycles. The Balaban J connectivity index is 1.50. The maximum Gasteiger partial charge on any atom is 0.279 e. The minimum Gasteiger partial charge on any atom is -0.477 e. The van der Waals surface area contributed by atoms with E-state index in [1.54, 1.807) is 12.4 Å². The molecule has 0 radical (unpaired) electrons. The predicted octanol–water partition coefficient (Wildman–Crippen LogP) is 0.342. The first-order valence-electron chi connectivity index (χ1n) is 8.45. The molecule has 1 aromatic heterocycles. The molecule has 2 fully saturated rings. The van der Waals surface area contributed by atoms with Gasteiger partial charge >= 0.3 is 0 Å². The van der Waals surface area contributed by atoms with Crippen molar-refractivity contribution in [3.63, 3.8) is 0 Å². The highest BCUT2D eigenvalue weighted by atomic mass is 32.2. The van der Waals surface area contributed by atoms with Gasteiger partial charge in [0.05, 0.1) is 20.3 Å². The first-order valence-corrected chi connectivity index (χ1v) is 9.89. The fourth-order valence-electron chi connectivity index (χ4n) is 3.06. The Morgan fingerprint density at radius 1 is 1.12 bits per heavy atom. The lowest BCUT2D eigenvalue weighted by molar-refractivity contribution is 0.0719. The maximum absolute atomic E-state index is 12.4. The average Bonchev–Trinajstić information content (AvgIpc) is 2.64. The van der Waals surface area contributed by atoms with Gasteiger partial charge in [-0.1, -0.05) is 0 Å². The number of methoxy groups -OCH3 is 1. The first kappa shape index (κ1) is 18.3. The van der Waals surface area contributed by atoms with E-state index in [0.717, 1.165) is 25.7 Å². The van der Waals surface area contributed by atoms with Crippen LogP contribution in [0.15, 0.2) is 12.4 Å². The number of aromatic nitrogens is 2. The zero-order chi connectivity index (χ0) is 17.7. The molecule has 1 aromatic rings. The highest BCUT2D eigenvalue weighted by molar-refractivity contribution is 7.87. The topological polar surface area (TPSA) is 103 Å². The second-order valence-electron chi connectivity index (χ2n) is 6.10. The minimum absolute atomic E-state index is 0.0188. The number of nitrogens with zero attached hydrogens (tertiary/aromatic N) is 3. The van der Waals surface area contributed by atoms with Crippen molar-refractivity contribution in [1.82, 2.24) is 19.0 Å². The molecule has 0 aromatic carbocycles. The molecule has 1 N–H and O–H groups in total. The van der Waals surface area contributed by atoms with Gasteiger partial charge in [-0.3, -0.25) is 0 Å². The van der Waals surface area contributed by atoms with Gasteiger partial charge in [0.1, 0.15) is 6.10 Å². The van der Waals surface area contributed by atoms with E-state index in [4.69, 9.17) is 14.2 Å². The van der Waals surface area contributed by atoms with Gasteiger partial charge in [-0.05, 0) is 25.7 Å². The molecular weight excluding hydrogens is 348 g/mol. The molecule has 0 atom stereocenters. The summed E-state index contributed by atoms with van der Waals surface area (Å²) in [4.78, 5) is 8.20. The van der Waals surface area contributed by atoms with E-state index >= 15 is 0 Å². The summed E-state index contributed by atoms with van der Waals surface area (Å²) in [6.45, 7) is 1.70. The van der Waals surface area contributed by atoms with E-state index in [1.165, 1.54) is 11.4 Å². The predicted molar refractivity (Wildman–Crippen MR) is 89.7 cm³/mol. The number of morpholine rings is 1. The molecule has 9 nitrogen and oxygen atoms in total. The Morgan fingerprint density at radius 3 is 2.40 bits per heavy atom. The van der Waals surface area contributed by atoms with E-state index in [0.29, 0.717) is 38.1 Å². The minimum atomic E-state index is -3.45. The van der Waals surface area contributed by atoms with Crippen LogP contribution >= 0.6 is 0 Å². The summed E-state index contributed by atoms with van der Waals surface area (Å²) in [5.74, 6) is 0.736. The third-order valence-corrected chi connectivity index (χ3v) is 6.08. The second-order valence-corrected chi connectivity index (χ2v) is 7.80. The molecule has 0 bridgehead atoms. The van der Waals surface area contributed by atoms with Crippen LogP contribution in [-0.2, 0) is 14.9 Å². The van der Waals surface area contributed by atoms with Crippen molar-refractivity contribution in [3.8, 4) is 11.8 Å². The Hall–Kier alpha value is -1.49. The summed E-state index contributed by atoms with van der Waals surface area (Å²) in [6, 6.07) is -0.0727. The summed E-state index contributed by atoms with van der Waals surface area (Å²) < 4.78 is 45.3. The maximum atomic E-state index is 12.4. The fourth-order valence-corrected chi connectivity index (χ4v) is 4.50. The number of hydrogen-bond donors (Lipinski definition) is 1. The molecule has 1 saturated heterocycles. The molecular formula is C15H24N4O5S. The van der Waals surface area contributed by atoms with E-state index in [2.05, 4.69) is 14.7 Å². The molecule has 2 aliphatic rings. The molecule has 2 heterocycles. The summed E-state index contributed by atoms with van der Waals surface area (Å²) in [5.41, 5.74) is 0. The lowest BCUT2D eigenvalue weighted by Gasteiger charge is -2.32. The molecule has 0 unspecified atom stereocenters. The van der Waals surface area contributed by atoms with Crippen LogP contribution in [0.25, 0.3) is 0 Å². The van der Waals surface area contributed by atoms with Crippen molar-refractivity contribution in [2.45, 2.75) is 37.8 Å². The molecule has 25 heavy (non-hydrogen) atoms. The van der Waals surface area contributed by atoms with E-state index in [-0.39, 0.29) is 12.1 Å². The molecule has 1 aliphatic heterocycles. The van der Waals surface area contributed by atoms with Crippen molar-refractivity contribution >= 4 is 10.2 Å². The molecule has 140 valence electrons. The summed E-state index contributed by atoms with van der Waals surface area (Å²) >= 11 is 0. The number of nitrogens with one attached hydrogen (secondary N) is 1. The zero-order valence-electron chi connectivity index (χ0n) is 14.3. The van der Waals surface area contributed by atoms with Gasteiger partial charge in [0.15, 0.2) is 0 Å². The van der Waals surface area contributed by atoms with Crippen molar-refractivity contribution in [3.05, 3.63) is 12.4 Å². The summed E-state index contributed by atoms with van der Waals surface area (Å²) in [5, 5.41) is 0. The van der Waals surface area contributed by atoms with Crippen LogP contribution in [0.1, 0.15) is 25.7 Å². The molecule has 10 heteroatoms. The molecule has 0 amide bonds. The summed E-state index contributed by atoms with van der Waals surface area (Å²) in [7, 11) is -1.93. The first-order chi connectivity index (χ1) is 12.1. The van der Waals surface area contributed by atoms with Crippen molar-refractivity contribution in [1.29, 1.82) is 0 Å². The molecule has 0 spiro atoms. The van der Waals surface area contributed by atoms with Gasteiger partial charge < -0.3 is 14.2 Å². The SMILES string of the molecule is COc1nccnc1OC1CCC(NS(=O)(=O)N2CCOCC2)CC1. The summed E-state index contributed by atoms with van der Waals surface area (Å²) in [6.07, 6.45) is 6.01. The van der Waals surface area contributed by atoms with Crippen molar-refractivity contribution < 1.29 is 22.6 Å². The second kappa shape index (κ2) is 8.26. The van der Waals surface area contributed by atoms with Crippen LogP contribution in [0, 0.1) is 0 Å². The van der Waals surface area contributed by atoms with E-state index < -0.39 is 10.2 Å². The highest BCUT2D eigenvalue weighted by Gasteiger charge is 2.30. The Morgan fingerprint density at radius 2 is 1.76 bits per heavy atom. The lowest BCUT2D eigenvalue weighted by atomic mass is 9.94. The fraction of sp³-hybridized carbons (Fsp3) is 0.733. The van der Waals surface area contributed by atoms with Crippen molar-refractivity contribution in [2.24, 2.45) is 0 Å². The van der Waals surface area contributed by atoms with Gasteiger partial charge in [-0.25, -0.2) is 9.97 Å². The van der Waals surface area contributed by atoms with E-state index in [9.17, 15) is 8.42 Å². The number of ether oxygens (including phenoxy) is 3. The van der Waals surface area contributed by atoms with Gasteiger partial charge in [0, 0.05) is 31.5 Å². The van der Waals surface area contributed by atoms with Gasteiger partial charge in [-0.2, -0.15) is 17.4 Å². The Kier molecular flexibility index (Phi) is 6.05. The van der Waals surface area contributed by atoms with Crippen molar-refractivity contribution in [2.75, 3.05) is 33.4 Å². The zero-order valence-corrected chi connectivity index (χ0v) is 15.1. The smallest absolute Gasteiger partial charge is 0.279 e. The Bertz CT molecular complexity index is 658.